The number of thioether (sulfide) groups is 1. The molecule has 3 aromatic heterocycles. The summed E-state index contributed by atoms with van der Waals surface area (Å²) in [4.78, 5) is 18.1. The SMILES string of the molecule is CCc1ccc(-c2csc(NC(=O)[C@@H](C)Sc3nnc(-c4cccs4)n3N)n2)cc1. The highest BCUT2D eigenvalue weighted by Gasteiger charge is 2.21. The Morgan fingerprint density at radius 3 is 2.73 bits per heavy atom. The molecule has 30 heavy (non-hydrogen) atoms. The van der Waals surface area contributed by atoms with Crippen molar-refractivity contribution in [3.05, 3.63) is 52.7 Å². The van der Waals surface area contributed by atoms with Crippen molar-refractivity contribution in [2.24, 2.45) is 0 Å². The summed E-state index contributed by atoms with van der Waals surface area (Å²) in [5.74, 6) is 6.54. The van der Waals surface area contributed by atoms with Crippen LogP contribution in [0.1, 0.15) is 19.4 Å². The molecule has 1 atom stereocenters. The summed E-state index contributed by atoms with van der Waals surface area (Å²) in [5.41, 5.74) is 3.16. The van der Waals surface area contributed by atoms with Crippen LogP contribution in [-0.4, -0.2) is 31.0 Å². The summed E-state index contributed by atoms with van der Waals surface area (Å²) < 4.78 is 1.42. The number of nitrogen functional groups attached to an aromatic ring is 1. The molecule has 4 rings (SSSR count). The van der Waals surface area contributed by atoms with Crippen LogP contribution in [0.15, 0.2) is 52.3 Å². The fourth-order valence-corrected chi connectivity index (χ4v) is 4.92. The molecule has 0 aliphatic carbocycles. The Hall–Kier alpha value is -2.69. The Labute approximate surface area is 186 Å². The van der Waals surface area contributed by atoms with E-state index in [0.717, 1.165) is 22.6 Å². The van der Waals surface area contributed by atoms with Crippen LogP contribution in [0.2, 0.25) is 0 Å². The zero-order valence-electron chi connectivity index (χ0n) is 16.4. The summed E-state index contributed by atoms with van der Waals surface area (Å²) in [6, 6.07) is 12.2. The van der Waals surface area contributed by atoms with Crippen molar-refractivity contribution in [2.75, 3.05) is 11.2 Å². The average Bonchev–Trinajstić information content (AvgIpc) is 3.51. The highest BCUT2D eigenvalue weighted by atomic mass is 32.2. The standard InChI is InChI=1S/C20H20N6OS3/c1-3-13-6-8-14(9-7-13)15-11-29-19(22-15)23-18(27)12(2)30-20-25-24-17(26(20)21)16-5-4-10-28-16/h4-12H,3,21H2,1-2H3,(H,22,23,27)/t12-/m1/s1. The number of aryl methyl sites for hydroxylation is 1. The number of thiazole rings is 1. The first-order chi connectivity index (χ1) is 14.5. The molecule has 0 aliphatic rings. The van der Waals surface area contributed by atoms with Crippen LogP contribution < -0.4 is 11.2 Å². The number of rotatable bonds is 7. The maximum atomic E-state index is 12.6. The molecule has 0 bridgehead atoms. The van der Waals surface area contributed by atoms with Gasteiger partial charge in [0.2, 0.25) is 11.1 Å². The summed E-state index contributed by atoms with van der Waals surface area (Å²) in [7, 11) is 0. The van der Waals surface area contributed by atoms with Crippen molar-refractivity contribution in [1.29, 1.82) is 0 Å². The molecule has 10 heteroatoms. The number of nitrogens with two attached hydrogens (primary N) is 1. The highest BCUT2D eigenvalue weighted by molar-refractivity contribution is 8.00. The van der Waals surface area contributed by atoms with Crippen molar-refractivity contribution in [2.45, 2.75) is 30.7 Å². The maximum absolute atomic E-state index is 12.6. The Morgan fingerprint density at radius 1 is 1.23 bits per heavy atom. The second kappa shape index (κ2) is 8.99. The predicted molar refractivity (Wildman–Crippen MR) is 124 cm³/mol. The van der Waals surface area contributed by atoms with Crippen LogP contribution in [0.3, 0.4) is 0 Å². The lowest BCUT2D eigenvalue weighted by molar-refractivity contribution is -0.115. The molecule has 4 aromatic rings. The smallest absolute Gasteiger partial charge is 0.239 e. The van der Waals surface area contributed by atoms with Crippen molar-refractivity contribution in [1.82, 2.24) is 19.9 Å². The highest BCUT2D eigenvalue weighted by Crippen LogP contribution is 2.29. The molecule has 0 radical (unpaired) electrons. The molecule has 3 N–H and O–H groups in total. The van der Waals surface area contributed by atoms with Gasteiger partial charge in [-0.2, -0.15) is 0 Å². The van der Waals surface area contributed by atoms with Gasteiger partial charge in [0.1, 0.15) is 0 Å². The number of amides is 1. The van der Waals surface area contributed by atoms with Gasteiger partial charge in [0.15, 0.2) is 11.0 Å². The van der Waals surface area contributed by atoms with Gasteiger partial charge in [0.05, 0.1) is 15.8 Å². The number of nitrogens with zero attached hydrogens (tertiary/aromatic N) is 4. The van der Waals surface area contributed by atoms with E-state index >= 15 is 0 Å². The first kappa shape index (κ1) is 20.6. The van der Waals surface area contributed by atoms with E-state index in [0.29, 0.717) is 16.1 Å². The van der Waals surface area contributed by atoms with Crippen molar-refractivity contribution in [3.8, 4) is 22.0 Å². The van der Waals surface area contributed by atoms with Crippen molar-refractivity contribution in [3.63, 3.8) is 0 Å². The van der Waals surface area contributed by atoms with Gasteiger partial charge in [-0.25, -0.2) is 9.66 Å². The summed E-state index contributed by atoms with van der Waals surface area (Å²) >= 11 is 4.19. The van der Waals surface area contributed by atoms with Gasteiger partial charge in [0.25, 0.3) is 0 Å². The zero-order valence-corrected chi connectivity index (χ0v) is 18.9. The number of carbonyl (C=O) groups excluding carboxylic acids is 1. The third-order valence-electron chi connectivity index (χ3n) is 4.45. The molecule has 3 heterocycles. The molecule has 1 aromatic carbocycles. The third kappa shape index (κ3) is 4.40. The molecular weight excluding hydrogens is 436 g/mol. The van der Waals surface area contributed by atoms with E-state index in [1.165, 1.54) is 44.7 Å². The van der Waals surface area contributed by atoms with Gasteiger partial charge in [0, 0.05) is 10.9 Å². The van der Waals surface area contributed by atoms with Crippen molar-refractivity contribution < 1.29 is 4.79 Å². The van der Waals surface area contributed by atoms with Gasteiger partial charge in [-0.1, -0.05) is 49.0 Å². The minimum absolute atomic E-state index is 0.164. The number of nitrogens with one attached hydrogen (secondary N) is 1. The van der Waals surface area contributed by atoms with E-state index in [1.807, 2.05) is 22.9 Å². The number of aromatic nitrogens is 4. The lowest BCUT2D eigenvalue weighted by Gasteiger charge is -2.09. The second-order valence-corrected chi connectivity index (χ2v) is 9.60. The molecular formula is C20H20N6OS3. The molecule has 0 saturated heterocycles. The van der Waals surface area contributed by atoms with Gasteiger partial charge in [-0.15, -0.1) is 32.9 Å². The number of benzene rings is 1. The number of carbonyl (C=O) groups is 1. The fourth-order valence-electron chi connectivity index (χ4n) is 2.72. The summed E-state index contributed by atoms with van der Waals surface area (Å²) in [5, 5.41) is 15.7. The molecule has 0 saturated carbocycles. The van der Waals surface area contributed by atoms with Gasteiger partial charge in [-0.3, -0.25) is 4.79 Å². The minimum atomic E-state index is -0.413. The van der Waals surface area contributed by atoms with Gasteiger partial charge >= 0.3 is 0 Å². The number of anilines is 1. The van der Waals surface area contributed by atoms with E-state index in [2.05, 4.69) is 51.7 Å². The Bertz CT molecular complexity index is 1130. The monoisotopic (exact) mass is 456 g/mol. The largest absolute Gasteiger partial charge is 0.335 e. The van der Waals surface area contributed by atoms with E-state index in [1.54, 1.807) is 6.92 Å². The predicted octanol–water partition coefficient (Wildman–Crippen LogP) is 4.53. The summed E-state index contributed by atoms with van der Waals surface area (Å²) in [6.07, 6.45) is 1.000. The van der Waals surface area contributed by atoms with Crippen LogP contribution >= 0.6 is 34.4 Å². The molecule has 0 unspecified atom stereocenters. The molecule has 154 valence electrons. The van der Waals surface area contributed by atoms with Gasteiger partial charge < -0.3 is 11.2 Å². The molecule has 7 nitrogen and oxygen atoms in total. The molecule has 0 aliphatic heterocycles. The third-order valence-corrected chi connectivity index (χ3v) is 7.13. The second-order valence-electron chi connectivity index (χ2n) is 6.49. The van der Waals surface area contributed by atoms with E-state index < -0.39 is 5.25 Å². The Morgan fingerprint density at radius 2 is 2.03 bits per heavy atom. The normalized spacial score (nSPS) is 12.1. The molecule has 0 fully saturated rings. The van der Waals surface area contributed by atoms with E-state index in [4.69, 9.17) is 5.84 Å². The lowest BCUT2D eigenvalue weighted by Crippen LogP contribution is -2.23. The lowest BCUT2D eigenvalue weighted by atomic mass is 10.1. The topological polar surface area (TPSA) is 98.7 Å². The minimum Gasteiger partial charge on any atom is -0.335 e. The van der Waals surface area contributed by atoms with Gasteiger partial charge in [-0.05, 0) is 30.4 Å². The van der Waals surface area contributed by atoms with Crippen LogP contribution in [-0.2, 0) is 11.2 Å². The van der Waals surface area contributed by atoms with Crippen molar-refractivity contribution >= 4 is 45.5 Å². The maximum Gasteiger partial charge on any atom is 0.239 e. The molecule has 0 spiro atoms. The molecule has 1 amide bonds. The van der Waals surface area contributed by atoms with Crippen LogP contribution in [0.25, 0.3) is 22.0 Å². The van der Waals surface area contributed by atoms with Crippen LogP contribution in [0, 0.1) is 0 Å². The average molecular weight is 457 g/mol. The van der Waals surface area contributed by atoms with Crippen LogP contribution in [0.5, 0.6) is 0 Å². The number of hydrogen-bond donors (Lipinski definition) is 2. The quantitative estimate of drug-likeness (QED) is 0.313. The fraction of sp³-hybridized carbons (Fsp3) is 0.200. The first-order valence-electron chi connectivity index (χ1n) is 9.32. The first-order valence-corrected chi connectivity index (χ1v) is 12.0. The summed E-state index contributed by atoms with van der Waals surface area (Å²) in [6.45, 7) is 3.93. The number of thiophene rings is 1. The van der Waals surface area contributed by atoms with Crippen LogP contribution in [0.4, 0.5) is 5.13 Å². The number of hydrogen-bond acceptors (Lipinski definition) is 8. The van der Waals surface area contributed by atoms with E-state index in [-0.39, 0.29) is 5.91 Å². The Kier molecular flexibility index (Phi) is 6.16. The Balaban J connectivity index is 1.40. The van der Waals surface area contributed by atoms with E-state index in [9.17, 15) is 4.79 Å². The zero-order chi connectivity index (χ0) is 21.1.